The zero-order valence-corrected chi connectivity index (χ0v) is 18.5. The van der Waals surface area contributed by atoms with Crippen molar-refractivity contribution in [2.45, 2.75) is 12.8 Å². The molecule has 2 aromatic carbocycles. The lowest BCUT2D eigenvalue weighted by Gasteiger charge is -2.30. The van der Waals surface area contributed by atoms with E-state index in [0.29, 0.717) is 43.4 Å². The van der Waals surface area contributed by atoms with Crippen molar-refractivity contribution >= 4 is 29.1 Å². The number of piperidine rings is 1. The summed E-state index contributed by atoms with van der Waals surface area (Å²) in [5.74, 6) is -5.55. The maximum absolute atomic E-state index is 13.6. The number of methoxy groups -OCH3 is 1. The quantitative estimate of drug-likeness (QED) is 0.507. The summed E-state index contributed by atoms with van der Waals surface area (Å²) in [6, 6.07) is 8.70. The molecule has 0 aliphatic carbocycles. The molecule has 0 unspecified atom stereocenters. The standard InChI is InChI=1S/C23H25F3N4O4/c1-34-18-5-3-2-4-16(18)29-23(33)14-8-10-30(11-9-14)13-20(32)27-12-19(31)28-17-7-6-15(24)21(25)22(17)26/h2-7,14H,8-13H2,1H3,(H,27,32)(H,28,31)(H,29,33). The Morgan fingerprint density at radius 1 is 0.941 bits per heavy atom. The number of hydrogen-bond acceptors (Lipinski definition) is 5. The molecule has 3 amide bonds. The Morgan fingerprint density at radius 3 is 2.35 bits per heavy atom. The molecule has 1 aliphatic rings. The van der Waals surface area contributed by atoms with Crippen LogP contribution < -0.4 is 20.7 Å². The van der Waals surface area contributed by atoms with Crippen molar-refractivity contribution in [3.05, 3.63) is 53.8 Å². The number of carbonyl (C=O) groups excluding carboxylic acids is 3. The summed E-state index contributed by atoms with van der Waals surface area (Å²) in [5.41, 5.74) is 0.0740. The van der Waals surface area contributed by atoms with Crippen LogP contribution in [-0.4, -0.2) is 55.9 Å². The Bertz CT molecular complexity index is 1060. The summed E-state index contributed by atoms with van der Waals surface area (Å²) in [5, 5.41) is 7.35. The van der Waals surface area contributed by atoms with Gasteiger partial charge in [-0.15, -0.1) is 0 Å². The van der Waals surface area contributed by atoms with E-state index in [-0.39, 0.29) is 18.4 Å². The minimum atomic E-state index is -1.69. The van der Waals surface area contributed by atoms with Crippen LogP contribution >= 0.6 is 0 Å². The molecule has 8 nitrogen and oxygen atoms in total. The molecule has 0 saturated carbocycles. The predicted molar refractivity (Wildman–Crippen MR) is 119 cm³/mol. The molecule has 0 aromatic heterocycles. The highest BCUT2D eigenvalue weighted by Crippen LogP contribution is 2.25. The van der Waals surface area contributed by atoms with E-state index in [0.717, 1.165) is 6.07 Å². The van der Waals surface area contributed by atoms with Crippen LogP contribution in [0.4, 0.5) is 24.5 Å². The smallest absolute Gasteiger partial charge is 0.243 e. The Balaban J connectivity index is 1.39. The molecule has 3 N–H and O–H groups in total. The van der Waals surface area contributed by atoms with Gasteiger partial charge in [0.15, 0.2) is 17.5 Å². The van der Waals surface area contributed by atoms with Gasteiger partial charge in [-0.25, -0.2) is 13.2 Å². The van der Waals surface area contributed by atoms with E-state index in [1.807, 2.05) is 11.0 Å². The highest BCUT2D eigenvalue weighted by atomic mass is 19.2. The molecule has 0 bridgehead atoms. The first-order valence-corrected chi connectivity index (χ1v) is 10.6. The fourth-order valence-corrected chi connectivity index (χ4v) is 3.59. The van der Waals surface area contributed by atoms with Crippen molar-refractivity contribution in [2.24, 2.45) is 5.92 Å². The Kier molecular flexibility index (Phi) is 8.47. The first-order valence-electron chi connectivity index (χ1n) is 10.6. The summed E-state index contributed by atoms with van der Waals surface area (Å²) < 4.78 is 45.0. The highest BCUT2D eigenvalue weighted by molar-refractivity contribution is 5.95. The average molecular weight is 478 g/mol. The maximum Gasteiger partial charge on any atom is 0.243 e. The van der Waals surface area contributed by atoms with E-state index in [1.54, 1.807) is 18.2 Å². The molecular weight excluding hydrogens is 453 g/mol. The molecule has 2 aromatic rings. The highest BCUT2D eigenvalue weighted by Gasteiger charge is 2.26. The van der Waals surface area contributed by atoms with Crippen LogP contribution in [0.2, 0.25) is 0 Å². The second-order valence-electron chi connectivity index (χ2n) is 7.79. The molecule has 11 heteroatoms. The summed E-state index contributed by atoms with van der Waals surface area (Å²) in [6.45, 7) is 0.593. The van der Waals surface area contributed by atoms with E-state index in [4.69, 9.17) is 4.74 Å². The molecule has 34 heavy (non-hydrogen) atoms. The minimum absolute atomic E-state index is 0.0215. The molecule has 3 rings (SSSR count). The molecule has 1 heterocycles. The number of rotatable bonds is 8. The maximum atomic E-state index is 13.6. The minimum Gasteiger partial charge on any atom is -0.495 e. The first kappa shape index (κ1) is 25.0. The van der Waals surface area contributed by atoms with Crippen molar-refractivity contribution in [1.82, 2.24) is 10.2 Å². The third kappa shape index (κ3) is 6.47. The second-order valence-corrected chi connectivity index (χ2v) is 7.79. The Labute approximate surface area is 194 Å². The normalized spacial score (nSPS) is 14.4. The van der Waals surface area contributed by atoms with Crippen molar-refractivity contribution in [1.29, 1.82) is 0 Å². The van der Waals surface area contributed by atoms with Gasteiger partial charge in [0.25, 0.3) is 0 Å². The van der Waals surface area contributed by atoms with E-state index in [2.05, 4.69) is 16.0 Å². The second kappa shape index (κ2) is 11.5. The van der Waals surface area contributed by atoms with Gasteiger partial charge in [-0.2, -0.15) is 0 Å². The largest absolute Gasteiger partial charge is 0.495 e. The molecule has 0 atom stereocenters. The fourth-order valence-electron chi connectivity index (χ4n) is 3.59. The number of nitrogens with zero attached hydrogens (tertiary/aromatic N) is 1. The van der Waals surface area contributed by atoms with Gasteiger partial charge in [0.2, 0.25) is 17.7 Å². The van der Waals surface area contributed by atoms with E-state index in [9.17, 15) is 27.6 Å². The topological polar surface area (TPSA) is 99.8 Å². The van der Waals surface area contributed by atoms with Crippen molar-refractivity contribution < 1.29 is 32.3 Å². The lowest BCUT2D eigenvalue weighted by atomic mass is 9.95. The van der Waals surface area contributed by atoms with Gasteiger partial charge in [-0.3, -0.25) is 19.3 Å². The zero-order chi connectivity index (χ0) is 24.7. The van der Waals surface area contributed by atoms with Gasteiger partial charge >= 0.3 is 0 Å². The number of para-hydroxylation sites is 2. The van der Waals surface area contributed by atoms with Crippen LogP contribution in [-0.2, 0) is 14.4 Å². The molecule has 0 spiro atoms. The van der Waals surface area contributed by atoms with Crippen LogP contribution in [0.3, 0.4) is 0 Å². The first-order chi connectivity index (χ1) is 16.3. The van der Waals surface area contributed by atoms with E-state index < -0.39 is 41.5 Å². The van der Waals surface area contributed by atoms with Crippen LogP contribution in [0.25, 0.3) is 0 Å². The van der Waals surface area contributed by atoms with Gasteiger partial charge in [0.05, 0.1) is 31.6 Å². The van der Waals surface area contributed by atoms with E-state index >= 15 is 0 Å². The van der Waals surface area contributed by atoms with Gasteiger partial charge in [0.1, 0.15) is 5.75 Å². The van der Waals surface area contributed by atoms with Crippen molar-refractivity contribution in [3.63, 3.8) is 0 Å². The third-order valence-electron chi connectivity index (χ3n) is 5.45. The molecule has 0 radical (unpaired) electrons. The van der Waals surface area contributed by atoms with Crippen LogP contribution in [0.15, 0.2) is 36.4 Å². The third-order valence-corrected chi connectivity index (χ3v) is 5.45. The number of hydrogen-bond donors (Lipinski definition) is 3. The molecule has 1 fully saturated rings. The lowest BCUT2D eigenvalue weighted by molar-refractivity contribution is -0.125. The van der Waals surface area contributed by atoms with Crippen molar-refractivity contribution in [3.8, 4) is 5.75 Å². The van der Waals surface area contributed by atoms with Gasteiger partial charge in [-0.1, -0.05) is 12.1 Å². The number of benzene rings is 2. The van der Waals surface area contributed by atoms with Crippen LogP contribution in [0.1, 0.15) is 12.8 Å². The molecule has 1 saturated heterocycles. The number of ether oxygens (including phenoxy) is 1. The number of halogens is 3. The summed E-state index contributed by atoms with van der Waals surface area (Å²) in [7, 11) is 1.53. The molecule has 182 valence electrons. The SMILES string of the molecule is COc1ccccc1NC(=O)C1CCN(CC(=O)NCC(=O)Nc2ccc(F)c(F)c2F)CC1. The Hall–Kier alpha value is -3.60. The van der Waals surface area contributed by atoms with Crippen molar-refractivity contribution in [2.75, 3.05) is 43.9 Å². The lowest BCUT2D eigenvalue weighted by Crippen LogP contribution is -2.44. The summed E-state index contributed by atoms with van der Waals surface area (Å²) in [6.07, 6.45) is 1.12. The Morgan fingerprint density at radius 2 is 1.65 bits per heavy atom. The zero-order valence-electron chi connectivity index (χ0n) is 18.5. The van der Waals surface area contributed by atoms with E-state index in [1.165, 1.54) is 7.11 Å². The summed E-state index contributed by atoms with van der Waals surface area (Å²) >= 11 is 0. The average Bonchev–Trinajstić information content (AvgIpc) is 2.84. The predicted octanol–water partition coefficient (Wildman–Crippen LogP) is 2.52. The summed E-state index contributed by atoms with van der Waals surface area (Å²) in [4.78, 5) is 38.5. The number of amides is 3. The number of likely N-dealkylation sites (tertiary alicyclic amines) is 1. The van der Waals surface area contributed by atoms with Gasteiger partial charge < -0.3 is 20.7 Å². The van der Waals surface area contributed by atoms with Crippen LogP contribution in [0, 0.1) is 23.4 Å². The monoisotopic (exact) mass is 478 g/mol. The number of nitrogens with one attached hydrogen (secondary N) is 3. The molecule has 1 aliphatic heterocycles. The van der Waals surface area contributed by atoms with Gasteiger partial charge in [0, 0.05) is 5.92 Å². The van der Waals surface area contributed by atoms with Crippen LogP contribution in [0.5, 0.6) is 5.75 Å². The molecular formula is C23H25F3N4O4. The number of carbonyl (C=O) groups is 3. The van der Waals surface area contributed by atoms with Gasteiger partial charge in [-0.05, 0) is 50.2 Å². The number of anilines is 2. The fraction of sp³-hybridized carbons (Fsp3) is 0.348.